The van der Waals surface area contributed by atoms with Crippen molar-refractivity contribution in [3.05, 3.63) is 35.4 Å². The minimum atomic E-state index is 0.00694. The molecule has 0 spiro atoms. The van der Waals surface area contributed by atoms with Gasteiger partial charge in [-0.2, -0.15) is 0 Å². The number of amides is 2. The molecule has 1 N–H and O–H groups in total. The molecule has 0 bridgehead atoms. The Morgan fingerprint density at radius 2 is 1.91 bits per heavy atom. The molecule has 22 heavy (non-hydrogen) atoms. The van der Waals surface area contributed by atoms with Crippen molar-refractivity contribution in [3.8, 4) is 0 Å². The van der Waals surface area contributed by atoms with E-state index in [0.29, 0.717) is 25.6 Å². The highest BCUT2D eigenvalue weighted by Crippen LogP contribution is 2.23. The summed E-state index contributed by atoms with van der Waals surface area (Å²) in [5.41, 5.74) is 2.31. The van der Waals surface area contributed by atoms with Crippen LogP contribution in [-0.4, -0.2) is 29.3 Å². The van der Waals surface area contributed by atoms with Crippen LogP contribution >= 0.6 is 0 Å². The first-order valence-electron chi connectivity index (χ1n) is 8.16. The number of hydrogen-bond acceptors (Lipinski definition) is 2. The van der Waals surface area contributed by atoms with E-state index in [1.807, 2.05) is 36.1 Å². The van der Waals surface area contributed by atoms with E-state index in [-0.39, 0.29) is 11.8 Å². The molecule has 0 unspecified atom stereocenters. The van der Waals surface area contributed by atoms with E-state index < -0.39 is 0 Å². The van der Waals surface area contributed by atoms with Crippen LogP contribution in [0.5, 0.6) is 0 Å². The van der Waals surface area contributed by atoms with Gasteiger partial charge in [-0.1, -0.05) is 37.1 Å². The molecule has 1 aromatic rings. The molecule has 2 amide bonds. The number of aryl methyl sites for hydroxylation is 1. The summed E-state index contributed by atoms with van der Waals surface area (Å²) >= 11 is 0. The smallest absolute Gasteiger partial charge is 0.222 e. The quantitative estimate of drug-likeness (QED) is 0.878. The molecule has 1 aromatic carbocycles. The van der Waals surface area contributed by atoms with E-state index in [0.717, 1.165) is 18.4 Å². The predicted molar refractivity (Wildman–Crippen MR) is 87.3 cm³/mol. The van der Waals surface area contributed by atoms with Crippen molar-refractivity contribution in [2.45, 2.75) is 58.5 Å². The maximum absolute atomic E-state index is 12.0. The Bertz CT molecular complexity index is 522. The monoisotopic (exact) mass is 302 g/mol. The molecule has 0 radical (unpaired) electrons. The third kappa shape index (κ3) is 4.58. The maximum Gasteiger partial charge on any atom is 0.222 e. The summed E-state index contributed by atoms with van der Waals surface area (Å²) in [4.78, 5) is 25.7. The number of nitrogens with zero attached hydrogens (tertiary/aromatic N) is 1. The van der Waals surface area contributed by atoms with Crippen LogP contribution in [0, 0.1) is 6.92 Å². The number of carbonyl (C=O) groups excluding carboxylic acids is 2. The normalized spacial score (nSPS) is 14.8. The van der Waals surface area contributed by atoms with E-state index in [9.17, 15) is 9.59 Å². The average molecular weight is 302 g/mol. The number of hydrogen-bond donors (Lipinski definition) is 1. The second-order valence-electron chi connectivity index (χ2n) is 6.10. The lowest BCUT2D eigenvalue weighted by Crippen LogP contribution is -2.40. The van der Waals surface area contributed by atoms with E-state index in [1.165, 1.54) is 18.4 Å². The number of benzene rings is 1. The highest BCUT2D eigenvalue weighted by Gasteiger charge is 2.24. The molecule has 0 heterocycles. The standard InChI is InChI=1S/C18H26N2O2/c1-14-7-3-4-8-16(14)13-19-18(22)11-12-20(15(2)21)17-9-5-6-10-17/h3-4,7-8,17H,5-6,9-13H2,1-2H3,(H,19,22). The molecule has 1 aliphatic rings. The molecule has 2 rings (SSSR count). The molecular formula is C18H26N2O2. The SMILES string of the molecule is CC(=O)N(CCC(=O)NCc1ccccc1C)C1CCCC1. The van der Waals surface area contributed by atoms with Gasteiger partial charge in [-0.15, -0.1) is 0 Å². The third-order valence-electron chi connectivity index (χ3n) is 4.49. The van der Waals surface area contributed by atoms with Gasteiger partial charge < -0.3 is 10.2 Å². The zero-order valence-corrected chi connectivity index (χ0v) is 13.6. The van der Waals surface area contributed by atoms with E-state index in [4.69, 9.17) is 0 Å². The minimum Gasteiger partial charge on any atom is -0.352 e. The molecule has 0 atom stereocenters. The Labute approximate surface area is 132 Å². The first-order chi connectivity index (χ1) is 10.6. The average Bonchev–Trinajstić information content (AvgIpc) is 3.00. The molecule has 0 saturated heterocycles. The number of carbonyl (C=O) groups is 2. The van der Waals surface area contributed by atoms with Crippen molar-refractivity contribution in [3.63, 3.8) is 0 Å². The maximum atomic E-state index is 12.0. The molecule has 0 aromatic heterocycles. The molecule has 120 valence electrons. The van der Waals surface area contributed by atoms with Gasteiger partial charge in [0.05, 0.1) is 0 Å². The van der Waals surface area contributed by atoms with E-state index in [1.54, 1.807) is 6.92 Å². The number of nitrogens with one attached hydrogen (secondary N) is 1. The lowest BCUT2D eigenvalue weighted by atomic mass is 10.1. The first kappa shape index (κ1) is 16.5. The van der Waals surface area contributed by atoms with E-state index >= 15 is 0 Å². The van der Waals surface area contributed by atoms with Crippen molar-refractivity contribution in [2.24, 2.45) is 0 Å². The largest absolute Gasteiger partial charge is 0.352 e. The lowest BCUT2D eigenvalue weighted by molar-refractivity contribution is -0.131. The summed E-state index contributed by atoms with van der Waals surface area (Å²) in [7, 11) is 0. The van der Waals surface area contributed by atoms with Crippen LogP contribution in [0.4, 0.5) is 0 Å². The molecule has 4 heteroatoms. The topological polar surface area (TPSA) is 49.4 Å². The first-order valence-corrected chi connectivity index (χ1v) is 8.16. The van der Waals surface area contributed by atoms with Gasteiger partial charge in [0.2, 0.25) is 11.8 Å². The fourth-order valence-electron chi connectivity index (χ4n) is 3.13. The predicted octanol–water partition coefficient (Wildman–Crippen LogP) is 2.79. The lowest BCUT2D eigenvalue weighted by Gasteiger charge is -2.27. The van der Waals surface area contributed by atoms with Crippen LogP contribution in [-0.2, 0) is 16.1 Å². The fraction of sp³-hybridized carbons (Fsp3) is 0.556. The summed E-state index contributed by atoms with van der Waals surface area (Å²) in [6.07, 6.45) is 4.90. The van der Waals surface area contributed by atoms with Crippen molar-refractivity contribution in [1.82, 2.24) is 10.2 Å². The van der Waals surface area contributed by atoms with Gasteiger partial charge in [0.25, 0.3) is 0 Å². The third-order valence-corrected chi connectivity index (χ3v) is 4.49. The molecule has 4 nitrogen and oxygen atoms in total. The zero-order valence-electron chi connectivity index (χ0n) is 13.6. The van der Waals surface area contributed by atoms with Crippen LogP contribution in [0.3, 0.4) is 0 Å². The van der Waals surface area contributed by atoms with Crippen LogP contribution in [0.15, 0.2) is 24.3 Å². The van der Waals surface area contributed by atoms with Gasteiger partial charge in [-0.3, -0.25) is 9.59 Å². The Morgan fingerprint density at radius 3 is 2.55 bits per heavy atom. The van der Waals surface area contributed by atoms with Crippen molar-refractivity contribution in [1.29, 1.82) is 0 Å². The summed E-state index contributed by atoms with van der Waals surface area (Å²) in [6.45, 7) is 4.72. The van der Waals surface area contributed by atoms with Crippen LogP contribution in [0.25, 0.3) is 0 Å². The molecular weight excluding hydrogens is 276 g/mol. The Hall–Kier alpha value is -1.84. The van der Waals surface area contributed by atoms with Gasteiger partial charge in [0, 0.05) is 32.5 Å². The Kier molecular flexibility index (Phi) is 5.99. The summed E-state index contributed by atoms with van der Waals surface area (Å²) in [6, 6.07) is 8.37. The second-order valence-corrected chi connectivity index (χ2v) is 6.10. The van der Waals surface area contributed by atoms with Crippen molar-refractivity contribution >= 4 is 11.8 Å². The van der Waals surface area contributed by atoms with Crippen molar-refractivity contribution < 1.29 is 9.59 Å². The van der Waals surface area contributed by atoms with Crippen molar-refractivity contribution in [2.75, 3.05) is 6.54 Å². The van der Waals surface area contributed by atoms with E-state index in [2.05, 4.69) is 5.32 Å². The zero-order chi connectivity index (χ0) is 15.9. The van der Waals surface area contributed by atoms with Gasteiger partial charge in [-0.25, -0.2) is 0 Å². The fourth-order valence-corrected chi connectivity index (χ4v) is 3.13. The van der Waals surface area contributed by atoms with Crippen LogP contribution < -0.4 is 5.32 Å². The Morgan fingerprint density at radius 1 is 1.23 bits per heavy atom. The summed E-state index contributed by atoms with van der Waals surface area (Å²) < 4.78 is 0. The Balaban J connectivity index is 1.78. The van der Waals surface area contributed by atoms with Crippen LogP contribution in [0.2, 0.25) is 0 Å². The highest BCUT2D eigenvalue weighted by atomic mass is 16.2. The summed E-state index contributed by atoms with van der Waals surface area (Å²) in [5.74, 6) is 0.0890. The summed E-state index contributed by atoms with van der Waals surface area (Å²) in [5, 5.41) is 2.95. The van der Waals surface area contributed by atoms with Gasteiger partial charge in [-0.05, 0) is 30.9 Å². The van der Waals surface area contributed by atoms with Gasteiger partial charge in [0.1, 0.15) is 0 Å². The number of rotatable bonds is 6. The van der Waals surface area contributed by atoms with Gasteiger partial charge >= 0.3 is 0 Å². The molecule has 1 aliphatic carbocycles. The molecule has 1 saturated carbocycles. The minimum absolute atomic E-state index is 0.00694. The molecule has 0 aliphatic heterocycles. The second kappa shape index (κ2) is 7.97. The molecule has 1 fully saturated rings. The van der Waals surface area contributed by atoms with Gasteiger partial charge in [0.15, 0.2) is 0 Å². The highest BCUT2D eigenvalue weighted by molar-refractivity contribution is 5.78. The van der Waals surface area contributed by atoms with Crippen LogP contribution in [0.1, 0.15) is 50.2 Å².